The number of phenols is 1. The fourth-order valence-electron chi connectivity index (χ4n) is 2.31. The third-order valence-electron chi connectivity index (χ3n) is 3.30. The highest BCUT2D eigenvalue weighted by Crippen LogP contribution is 2.30. The van der Waals surface area contributed by atoms with E-state index in [1.807, 2.05) is 0 Å². The van der Waals surface area contributed by atoms with Crippen molar-refractivity contribution in [2.45, 2.75) is 6.42 Å². The number of hydrogen-bond donors (Lipinski definition) is 1. The Balaban J connectivity index is 1.99. The minimum atomic E-state index is -0.944. The summed E-state index contributed by atoms with van der Waals surface area (Å²) >= 11 is 0. The molecule has 1 aliphatic carbocycles. The zero-order valence-electron chi connectivity index (χ0n) is 10.4. The molecule has 0 fully saturated rings. The van der Waals surface area contributed by atoms with Crippen molar-refractivity contribution < 1.29 is 18.7 Å². The van der Waals surface area contributed by atoms with Gasteiger partial charge in [-0.2, -0.15) is 0 Å². The molecule has 0 saturated heterocycles. The Morgan fingerprint density at radius 3 is 2.60 bits per heavy atom. The van der Waals surface area contributed by atoms with Crippen LogP contribution in [0.25, 0.3) is 6.08 Å². The molecule has 2 aromatic rings. The Hall–Kier alpha value is -2.49. The first-order chi connectivity index (χ1) is 9.54. The lowest BCUT2D eigenvalue weighted by atomic mass is 10.1. The van der Waals surface area contributed by atoms with Crippen LogP contribution in [0.4, 0.5) is 8.78 Å². The maximum Gasteiger partial charge on any atom is 0.189 e. The number of benzene rings is 2. The summed E-state index contributed by atoms with van der Waals surface area (Å²) in [6.07, 6.45) is 1.97. The summed E-state index contributed by atoms with van der Waals surface area (Å²) in [6, 6.07) is 8.13. The first-order valence-corrected chi connectivity index (χ1v) is 6.07. The Morgan fingerprint density at radius 2 is 1.85 bits per heavy atom. The van der Waals surface area contributed by atoms with E-state index in [0.29, 0.717) is 23.1 Å². The average Bonchev–Trinajstić information content (AvgIpc) is 2.71. The molecule has 3 rings (SSSR count). The van der Waals surface area contributed by atoms with Crippen molar-refractivity contribution in [3.8, 4) is 5.75 Å². The molecule has 0 amide bonds. The van der Waals surface area contributed by atoms with E-state index < -0.39 is 11.6 Å². The number of Topliss-reactive ketones (excluding diaryl/α,β-unsaturated/α-hetero) is 1. The van der Waals surface area contributed by atoms with Crippen LogP contribution in [0.2, 0.25) is 0 Å². The first-order valence-electron chi connectivity index (χ1n) is 6.07. The number of phenolic OH excluding ortho intramolecular Hbond substituents is 1. The molecule has 2 aromatic carbocycles. The summed E-state index contributed by atoms with van der Waals surface area (Å²) in [4.78, 5) is 12.2. The molecule has 100 valence electrons. The highest BCUT2D eigenvalue weighted by atomic mass is 19.2. The van der Waals surface area contributed by atoms with Gasteiger partial charge < -0.3 is 5.11 Å². The number of fused-ring (bicyclic) bond motifs is 1. The number of halogens is 2. The van der Waals surface area contributed by atoms with Crippen LogP contribution in [0.3, 0.4) is 0 Å². The largest absolute Gasteiger partial charge is 0.508 e. The van der Waals surface area contributed by atoms with E-state index in [-0.39, 0.29) is 11.5 Å². The number of allylic oxidation sites excluding steroid dienone is 1. The van der Waals surface area contributed by atoms with Crippen LogP contribution >= 0.6 is 0 Å². The molecule has 0 spiro atoms. The molecular formula is C16H10F2O2. The van der Waals surface area contributed by atoms with Crippen LogP contribution in [0.15, 0.2) is 42.0 Å². The van der Waals surface area contributed by atoms with Crippen molar-refractivity contribution in [3.63, 3.8) is 0 Å². The molecule has 4 heteroatoms. The number of rotatable bonds is 1. The minimum absolute atomic E-state index is 0.0335. The number of carbonyl (C=O) groups excluding carboxylic acids is 1. The van der Waals surface area contributed by atoms with E-state index in [1.54, 1.807) is 12.1 Å². The average molecular weight is 272 g/mol. The van der Waals surface area contributed by atoms with Crippen molar-refractivity contribution in [3.05, 3.63) is 70.3 Å². The second-order valence-electron chi connectivity index (χ2n) is 4.69. The Bertz CT molecular complexity index is 748. The first kappa shape index (κ1) is 12.5. The normalized spacial score (nSPS) is 15.7. The molecule has 2 nitrogen and oxygen atoms in total. The number of hydrogen-bond acceptors (Lipinski definition) is 2. The minimum Gasteiger partial charge on any atom is -0.508 e. The predicted octanol–water partition coefficient (Wildman–Crippen LogP) is 3.49. The van der Waals surface area contributed by atoms with Gasteiger partial charge >= 0.3 is 0 Å². The van der Waals surface area contributed by atoms with Gasteiger partial charge in [0, 0.05) is 17.6 Å². The molecule has 0 unspecified atom stereocenters. The second-order valence-corrected chi connectivity index (χ2v) is 4.69. The van der Waals surface area contributed by atoms with Crippen LogP contribution in [0.1, 0.15) is 21.5 Å². The molecule has 0 saturated carbocycles. The Morgan fingerprint density at radius 1 is 1.05 bits per heavy atom. The summed E-state index contributed by atoms with van der Waals surface area (Å²) in [5.41, 5.74) is 2.21. The summed E-state index contributed by atoms with van der Waals surface area (Å²) < 4.78 is 26.0. The van der Waals surface area contributed by atoms with Gasteiger partial charge in [0.1, 0.15) is 5.75 Å². The SMILES string of the molecule is O=C1C(=Cc2ccc(F)c(F)c2)Cc2ccc(O)cc21. The van der Waals surface area contributed by atoms with Gasteiger partial charge in [-0.1, -0.05) is 12.1 Å². The third-order valence-corrected chi connectivity index (χ3v) is 3.30. The van der Waals surface area contributed by atoms with E-state index in [2.05, 4.69) is 0 Å². The summed E-state index contributed by atoms with van der Waals surface area (Å²) in [5.74, 6) is -2.02. The van der Waals surface area contributed by atoms with E-state index >= 15 is 0 Å². The predicted molar refractivity (Wildman–Crippen MR) is 70.5 cm³/mol. The fraction of sp³-hybridized carbons (Fsp3) is 0.0625. The topological polar surface area (TPSA) is 37.3 Å². The number of aromatic hydroxyl groups is 1. The van der Waals surface area contributed by atoms with Crippen LogP contribution < -0.4 is 0 Å². The van der Waals surface area contributed by atoms with Gasteiger partial charge in [0.2, 0.25) is 0 Å². The lowest BCUT2D eigenvalue weighted by molar-refractivity contribution is 0.104. The molecule has 0 aromatic heterocycles. The van der Waals surface area contributed by atoms with Crippen molar-refractivity contribution in [1.82, 2.24) is 0 Å². The van der Waals surface area contributed by atoms with E-state index in [0.717, 1.165) is 17.7 Å². The molecular weight excluding hydrogens is 262 g/mol. The van der Waals surface area contributed by atoms with Gasteiger partial charge in [-0.3, -0.25) is 4.79 Å². The summed E-state index contributed by atoms with van der Waals surface area (Å²) in [7, 11) is 0. The van der Waals surface area contributed by atoms with Gasteiger partial charge in [-0.05, 0) is 41.5 Å². The van der Waals surface area contributed by atoms with E-state index in [4.69, 9.17) is 0 Å². The van der Waals surface area contributed by atoms with Crippen molar-refractivity contribution in [1.29, 1.82) is 0 Å². The molecule has 0 aliphatic heterocycles. The molecule has 0 bridgehead atoms. The molecule has 0 atom stereocenters. The summed E-state index contributed by atoms with van der Waals surface area (Å²) in [5, 5.41) is 9.39. The van der Waals surface area contributed by atoms with E-state index in [9.17, 15) is 18.7 Å². The second kappa shape index (κ2) is 4.56. The molecule has 0 heterocycles. The Labute approximate surface area is 114 Å². The summed E-state index contributed by atoms with van der Waals surface area (Å²) in [6.45, 7) is 0. The van der Waals surface area contributed by atoms with Crippen LogP contribution in [-0.2, 0) is 6.42 Å². The molecule has 1 N–H and O–H groups in total. The smallest absolute Gasteiger partial charge is 0.189 e. The Kier molecular flexibility index (Phi) is 2.86. The molecule has 0 radical (unpaired) electrons. The van der Waals surface area contributed by atoms with Gasteiger partial charge in [-0.25, -0.2) is 8.78 Å². The fourth-order valence-corrected chi connectivity index (χ4v) is 2.31. The van der Waals surface area contributed by atoms with Gasteiger partial charge in [0.25, 0.3) is 0 Å². The van der Waals surface area contributed by atoms with Gasteiger partial charge in [-0.15, -0.1) is 0 Å². The van der Waals surface area contributed by atoms with Gasteiger partial charge in [0.15, 0.2) is 17.4 Å². The van der Waals surface area contributed by atoms with Crippen molar-refractivity contribution >= 4 is 11.9 Å². The zero-order chi connectivity index (χ0) is 14.3. The van der Waals surface area contributed by atoms with Crippen molar-refractivity contribution in [2.75, 3.05) is 0 Å². The monoisotopic (exact) mass is 272 g/mol. The van der Waals surface area contributed by atoms with E-state index in [1.165, 1.54) is 18.2 Å². The number of carbonyl (C=O) groups is 1. The van der Waals surface area contributed by atoms with Crippen LogP contribution in [0, 0.1) is 11.6 Å². The highest BCUT2D eigenvalue weighted by molar-refractivity contribution is 6.15. The lowest BCUT2D eigenvalue weighted by Crippen LogP contribution is -1.95. The molecule has 20 heavy (non-hydrogen) atoms. The maximum absolute atomic E-state index is 13.1. The highest BCUT2D eigenvalue weighted by Gasteiger charge is 2.25. The zero-order valence-corrected chi connectivity index (χ0v) is 10.4. The van der Waals surface area contributed by atoms with Crippen LogP contribution in [0.5, 0.6) is 5.75 Å². The number of ketones is 1. The lowest BCUT2D eigenvalue weighted by Gasteiger charge is -1.98. The standard InChI is InChI=1S/C16H10F2O2/c17-14-4-1-9(6-15(14)18)5-11-7-10-2-3-12(19)8-13(10)16(11)20/h1-6,8,19H,7H2. The molecule has 1 aliphatic rings. The quantitative estimate of drug-likeness (QED) is 0.807. The maximum atomic E-state index is 13.1. The van der Waals surface area contributed by atoms with Gasteiger partial charge in [0.05, 0.1) is 0 Å². The third kappa shape index (κ3) is 2.09. The van der Waals surface area contributed by atoms with Crippen molar-refractivity contribution in [2.24, 2.45) is 0 Å². The van der Waals surface area contributed by atoms with Crippen LogP contribution in [-0.4, -0.2) is 10.9 Å².